The van der Waals surface area contributed by atoms with Crippen molar-refractivity contribution in [1.29, 1.82) is 0 Å². The zero-order valence-electron chi connectivity index (χ0n) is 7.93. The minimum Gasteiger partial charge on any atom is -0.475 e. The molecule has 0 aromatic carbocycles. The van der Waals surface area contributed by atoms with Gasteiger partial charge in [-0.1, -0.05) is 0 Å². The minimum atomic E-state index is -0.536. The second-order valence-electron chi connectivity index (χ2n) is 3.01. The molecule has 0 aliphatic rings. The Kier molecular flexibility index (Phi) is 2.85. The van der Waals surface area contributed by atoms with E-state index in [1.54, 1.807) is 13.8 Å². The maximum Gasteiger partial charge on any atom is 0.278 e. The number of aromatic nitrogens is 1. The normalized spacial score (nSPS) is 10.2. The SMILES string of the molecule is CC(C)Oc1cc([N+](=O)[O-])cc(N)n1. The number of anilines is 1. The van der Waals surface area contributed by atoms with E-state index in [9.17, 15) is 10.1 Å². The van der Waals surface area contributed by atoms with E-state index in [-0.39, 0.29) is 23.5 Å². The summed E-state index contributed by atoms with van der Waals surface area (Å²) in [5.74, 6) is 0.251. The van der Waals surface area contributed by atoms with Crippen molar-refractivity contribution < 1.29 is 9.66 Å². The van der Waals surface area contributed by atoms with Crippen LogP contribution in [0.5, 0.6) is 5.88 Å². The second kappa shape index (κ2) is 3.91. The first kappa shape index (κ1) is 10.2. The molecule has 0 unspecified atom stereocenters. The van der Waals surface area contributed by atoms with E-state index >= 15 is 0 Å². The maximum absolute atomic E-state index is 10.5. The van der Waals surface area contributed by atoms with Crippen molar-refractivity contribution >= 4 is 11.5 Å². The monoisotopic (exact) mass is 197 g/mol. The van der Waals surface area contributed by atoms with Crippen LogP contribution in [0.1, 0.15) is 13.8 Å². The number of ether oxygens (including phenoxy) is 1. The fraction of sp³-hybridized carbons (Fsp3) is 0.375. The van der Waals surface area contributed by atoms with E-state index < -0.39 is 4.92 Å². The lowest BCUT2D eigenvalue weighted by Crippen LogP contribution is -2.08. The lowest BCUT2D eigenvalue weighted by Gasteiger charge is -2.08. The number of hydrogen-bond donors (Lipinski definition) is 1. The standard InChI is InChI=1S/C8H11N3O3/c1-5(2)14-8-4-6(11(12)13)3-7(9)10-8/h3-5H,1-2H3,(H2,9,10). The van der Waals surface area contributed by atoms with Gasteiger partial charge in [0.15, 0.2) is 0 Å². The Balaban J connectivity index is 3.01. The summed E-state index contributed by atoms with van der Waals surface area (Å²) in [6, 6.07) is 2.43. The maximum atomic E-state index is 10.5. The number of nitrogens with two attached hydrogens (primary N) is 1. The summed E-state index contributed by atoms with van der Waals surface area (Å²) < 4.78 is 5.19. The molecular formula is C8H11N3O3. The zero-order chi connectivity index (χ0) is 10.7. The lowest BCUT2D eigenvalue weighted by atomic mass is 10.4. The first-order valence-electron chi connectivity index (χ1n) is 4.07. The molecule has 0 fully saturated rings. The van der Waals surface area contributed by atoms with Gasteiger partial charge in [0, 0.05) is 0 Å². The molecule has 0 radical (unpaired) electrons. The van der Waals surface area contributed by atoms with E-state index in [0.29, 0.717) is 0 Å². The van der Waals surface area contributed by atoms with Gasteiger partial charge in [-0.2, -0.15) is 4.98 Å². The molecule has 6 nitrogen and oxygen atoms in total. The van der Waals surface area contributed by atoms with Crippen LogP contribution in [-0.4, -0.2) is 16.0 Å². The number of rotatable bonds is 3. The van der Waals surface area contributed by atoms with Crippen molar-refractivity contribution in [2.75, 3.05) is 5.73 Å². The predicted octanol–water partition coefficient (Wildman–Crippen LogP) is 1.36. The highest BCUT2D eigenvalue weighted by Gasteiger charge is 2.11. The smallest absolute Gasteiger partial charge is 0.278 e. The summed E-state index contributed by atoms with van der Waals surface area (Å²) in [6.07, 6.45) is -0.0936. The third-order valence-electron chi connectivity index (χ3n) is 1.37. The topological polar surface area (TPSA) is 91.3 Å². The molecule has 2 N–H and O–H groups in total. The van der Waals surface area contributed by atoms with E-state index in [1.807, 2.05) is 0 Å². The van der Waals surface area contributed by atoms with Crippen LogP contribution in [-0.2, 0) is 0 Å². The molecule has 0 atom stereocenters. The van der Waals surface area contributed by atoms with Gasteiger partial charge in [-0.05, 0) is 13.8 Å². The summed E-state index contributed by atoms with van der Waals surface area (Å²) in [5.41, 5.74) is 5.26. The van der Waals surface area contributed by atoms with Crippen molar-refractivity contribution in [2.45, 2.75) is 20.0 Å². The molecule has 0 aliphatic carbocycles. The number of nitrogen functional groups attached to an aromatic ring is 1. The summed E-state index contributed by atoms with van der Waals surface area (Å²) in [6.45, 7) is 3.60. The Morgan fingerprint density at radius 3 is 2.71 bits per heavy atom. The van der Waals surface area contributed by atoms with Gasteiger partial charge in [-0.25, -0.2) is 0 Å². The van der Waals surface area contributed by atoms with Crippen LogP contribution in [0.25, 0.3) is 0 Å². The predicted molar refractivity (Wildman–Crippen MR) is 51.1 cm³/mol. The average molecular weight is 197 g/mol. The number of nitro groups is 1. The molecule has 0 bridgehead atoms. The van der Waals surface area contributed by atoms with Gasteiger partial charge in [-0.3, -0.25) is 10.1 Å². The van der Waals surface area contributed by atoms with Gasteiger partial charge in [0.2, 0.25) is 5.88 Å². The number of hydrogen-bond acceptors (Lipinski definition) is 5. The molecule has 6 heteroatoms. The molecule has 76 valence electrons. The highest BCUT2D eigenvalue weighted by Crippen LogP contribution is 2.20. The quantitative estimate of drug-likeness (QED) is 0.583. The molecule has 0 saturated heterocycles. The van der Waals surface area contributed by atoms with Crippen molar-refractivity contribution in [3.8, 4) is 5.88 Å². The van der Waals surface area contributed by atoms with Crippen LogP contribution in [0.2, 0.25) is 0 Å². The fourth-order valence-electron chi connectivity index (χ4n) is 0.919. The van der Waals surface area contributed by atoms with Gasteiger partial charge in [0.25, 0.3) is 5.69 Å². The van der Waals surface area contributed by atoms with Crippen LogP contribution in [0.15, 0.2) is 12.1 Å². The second-order valence-corrected chi connectivity index (χ2v) is 3.01. The van der Waals surface area contributed by atoms with Crippen LogP contribution in [0.3, 0.4) is 0 Å². The lowest BCUT2D eigenvalue weighted by molar-refractivity contribution is -0.384. The Hall–Kier alpha value is -1.85. The summed E-state index contributed by atoms with van der Waals surface area (Å²) in [4.78, 5) is 13.7. The van der Waals surface area contributed by atoms with Crippen molar-refractivity contribution in [3.63, 3.8) is 0 Å². The molecule has 0 amide bonds. The molecule has 1 rings (SSSR count). The van der Waals surface area contributed by atoms with Crippen molar-refractivity contribution in [3.05, 3.63) is 22.2 Å². The Morgan fingerprint density at radius 2 is 2.21 bits per heavy atom. The molecule has 1 aromatic heterocycles. The summed E-state index contributed by atoms with van der Waals surface area (Å²) in [5, 5.41) is 10.5. The Bertz CT molecular complexity index is 352. The van der Waals surface area contributed by atoms with E-state index in [4.69, 9.17) is 10.5 Å². The van der Waals surface area contributed by atoms with Crippen LogP contribution < -0.4 is 10.5 Å². The third-order valence-corrected chi connectivity index (χ3v) is 1.37. The van der Waals surface area contributed by atoms with Gasteiger partial charge in [0.1, 0.15) is 5.82 Å². The number of pyridine rings is 1. The van der Waals surface area contributed by atoms with Gasteiger partial charge >= 0.3 is 0 Å². The van der Waals surface area contributed by atoms with Crippen LogP contribution >= 0.6 is 0 Å². The largest absolute Gasteiger partial charge is 0.475 e. The molecule has 0 spiro atoms. The molecule has 1 heterocycles. The summed E-state index contributed by atoms with van der Waals surface area (Å²) >= 11 is 0. The Morgan fingerprint density at radius 1 is 1.57 bits per heavy atom. The first-order chi connectivity index (χ1) is 6.49. The van der Waals surface area contributed by atoms with Gasteiger partial charge in [0.05, 0.1) is 23.2 Å². The zero-order valence-corrected chi connectivity index (χ0v) is 7.93. The van der Waals surface area contributed by atoms with Gasteiger partial charge in [-0.15, -0.1) is 0 Å². The van der Waals surface area contributed by atoms with Crippen LogP contribution in [0, 0.1) is 10.1 Å². The number of nitrogens with zero attached hydrogens (tertiary/aromatic N) is 2. The molecule has 0 saturated carbocycles. The van der Waals surface area contributed by atoms with Crippen molar-refractivity contribution in [2.24, 2.45) is 0 Å². The highest BCUT2D eigenvalue weighted by molar-refractivity contribution is 5.45. The van der Waals surface area contributed by atoms with E-state index in [1.165, 1.54) is 12.1 Å². The summed E-state index contributed by atoms with van der Waals surface area (Å²) in [7, 11) is 0. The first-order valence-corrected chi connectivity index (χ1v) is 4.07. The molecule has 1 aromatic rings. The average Bonchev–Trinajstić information content (AvgIpc) is 2.01. The molecular weight excluding hydrogens is 186 g/mol. The Labute approximate surface area is 80.9 Å². The van der Waals surface area contributed by atoms with E-state index in [0.717, 1.165) is 0 Å². The molecule has 0 aliphatic heterocycles. The van der Waals surface area contributed by atoms with Gasteiger partial charge < -0.3 is 10.5 Å². The minimum absolute atomic E-state index is 0.0786. The van der Waals surface area contributed by atoms with E-state index in [2.05, 4.69) is 4.98 Å². The third kappa shape index (κ3) is 2.58. The van der Waals surface area contributed by atoms with Crippen molar-refractivity contribution in [1.82, 2.24) is 4.98 Å². The fourth-order valence-corrected chi connectivity index (χ4v) is 0.919. The molecule has 14 heavy (non-hydrogen) atoms. The van der Waals surface area contributed by atoms with Crippen LogP contribution in [0.4, 0.5) is 11.5 Å². The highest BCUT2D eigenvalue weighted by atomic mass is 16.6.